The molecule has 0 radical (unpaired) electrons. The van der Waals surface area contributed by atoms with Crippen molar-refractivity contribution in [2.75, 3.05) is 5.32 Å². The lowest BCUT2D eigenvalue weighted by atomic mass is 10.2. The molecule has 1 atom stereocenters. The van der Waals surface area contributed by atoms with Crippen LogP contribution in [0.25, 0.3) is 0 Å². The number of hydrogen-bond donors (Lipinski definition) is 1. The Morgan fingerprint density at radius 2 is 2.28 bits per heavy atom. The molecular weight excluding hydrogens is 248 g/mol. The van der Waals surface area contributed by atoms with Gasteiger partial charge < -0.3 is 9.88 Å². The maximum absolute atomic E-state index is 8.78. The zero-order valence-corrected chi connectivity index (χ0v) is 10.9. The third-order valence-corrected chi connectivity index (χ3v) is 3.03. The van der Waals surface area contributed by atoms with E-state index in [0.29, 0.717) is 10.6 Å². The standard InChI is InChI=1S/C13H13ClN4/c1-9(13-16-5-6-18(13)2)17-12-4-3-10(8-15)7-11(12)14/h3-7,9,17H,1-2H3. The molecule has 1 N–H and O–H groups in total. The van der Waals surface area contributed by atoms with Gasteiger partial charge in [0.05, 0.1) is 28.4 Å². The Morgan fingerprint density at radius 1 is 1.50 bits per heavy atom. The first-order valence-electron chi connectivity index (χ1n) is 5.55. The van der Waals surface area contributed by atoms with Gasteiger partial charge in [-0.2, -0.15) is 5.26 Å². The zero-order chi connectivity index (χ0) is 13.1. The first-order valence-corrected chi connectivity index (χ1v) is 5.93. The van der Waals surface area contributed by atoms with Crippen LogP contribution in [0, 0.1) is 11.3 Å². The van der Waals surface area contributed by atoms with Crippen LogP contribution in [0.3, 0.4) is 0 Å². The van der Waals surface area contributed by atoms with Crippen LogP contribution in [0.1, 0.15) is 24.4 Å². The van der Waals surface area contributed by atoms with Crippen LogP contribution in [0.4, 0.5) is 5.69 Å². The minimum Gasteiger partial charge on any atom is -0.374 e. The second-order valence-electron chi connectivity index (χ2n) is 4.07. The van der Waals surface area contributed by atoms with Gasteiger partial charge in [-0.15, -0.1) is 0 Å². The smallest absolute Gasteiger partial charge is 0.130 e. The minimum atomic E-state index is 0.0374. The van der Waals surface area contributed by atoms with Crippen molar-refractivity contribution in [2.45, 2.75) is 13.0 Å². The summed E-state index contributed by atoms with van der Waals surface area (Å²) in [6.45, 7) is 2.01. The molecule has 0 saturated heterocycles. The molecular formula is C13H13ClN4. The Labute approximate surface area is 111 Å². The summed E-state index contributed by atoms with van der Waals surface area (Å²) in [6, 6.07) is 7.28. The van der Waals surface area contributed by atoms with Crippen molar-refractivity contribution in [1.82, 2.24) is 9.55 Å². The van der Waals surface area contributed by atoms with Gasteiger partial charge in [-0.25, -0.2) is 4.98 Å². The molecule has 0 fully saturated rings. The number of nitriles is 1. The first kappa shape index (κ1) is 12.5. The van der Waals surface area contributed by atoms with E-state index in [1.165, 1.54) is 0 Å². The van der Waals surface area contributed by atoms with Crippen molar-refractivity contribution in [3.8, 4) is 6.07 Å². The van der Waals surface area contributed by atoms with Gasteiger partial charge in [0.25, 0.3) is 0 Å². The maximum Gasteiger partial charge on any atom is 0.130 e. The molecule has 0 aliphatic carbocycles. The third-order valence-electron chi connectivity index (χ3n) is 2.72. The second kappa shape index (κ2) is 5.11. The molecule has 0 spiro atoms. The monoisotopic (exact) mass is 260 g/mol. The van der Waals surface area contributed by atoms with Gasteiger partial charge in [-0.05, 0) is 25.1 Å². The van der Waals surface area contributed by atoms with E-state index >= 15 is 0 Å². The highest BCUT2D eigenvalue weighted by Gasteiger charge is 2.11. The molecule has 1 aromatic heterocycles. The van der Waals surface area contributed by atoms with Gasteiger partial charge in [0.15, 0.2) is 0 Å². The van der Waals surface area contributed by atoms with Crippen LogP contribution in [-0.2, 0) is 7.05 Å². The van der Waals surface area contributed by atoms with Gasteiger partial charge in [-0.3, -0.25) is 0 Å². The highest BCUT2D eigenvalue weighted by atomic mass is 35.5. The van der Waals surface area contributed by atoms with E-state index < -0.39 is 0 Å². The van der Waals surface area contributed by atoms with Crippen molar-refractivity contribution < 1.29 is 0 Å². The van der Waals surface area contributed by atoms with E-state index in [4.69, 9.17) is 16.9 Å². The number of anilines is 1. The molecule has 2 aromatic rings. The molecule has 4 nitrogen and oxygen atoms in total. The quantitative estimate of drug-likeness (QED) is 0.923. The lowest BCUT2D eigenvalue weighted by molar-refractivity contribution is 0.722. The SMILES string of the molecule is CC(Nc1ccc(C#N)cc1Cl)c1nccn1C. The molecule has 0 bridgehead atoms. The van der Waals surface area contributed by atoms with Gasteiger partial charge in [0.2, 0.25) is 0 Å². The Bertz CT molecular complexity index is 597. The second-order valence-corrected chi connectivity index (χ2v) is 4.48. The molecule has 0 aliphatic rings. The molecule has 1 aromatic carbocycles. The number of aryl methyl sites for hydroxylation is 1. The molecule has 1 unspecified atom stereocenters. The number of hydrogen-bond acceptors (Lipinski definition) is 3. The zero-order valence-electron chi connectivity index (χ0n) is 10.2. The summed E-state index contributed by atoms with van der Waals surface area (Å²) < 4.78 is 1.95. The van der Waals surface area contributed by atoms with Crippen LogP contribution in [0.15, 0.2) is 30.6 Å². The number of halogens is 1. The molecule has 92 valence electrons. The van der Waals surface area contributed by atoms with E-state index in [2.05, 4.69) is 16.4 Å². The fourth-order valence-electron chi connectivity index (χ4n) is 1.79. The molecule has 18 heavy (non-hydrogen) atoms. The van der Waals surface area contributed by atoms with Crippen molar-refractivity contribution in [1.29, 1.82) is 5.26 Å². The highest BCUT2D eigenvalue weighted by Crippen LogP contribution is 2.26. The summed E-state index contributed by atoms with van der Waals surface area (Å²) in [5, 5.41) is 12.6. The van der Waals surface area contributed by atoms with Crippen LogP contribution in [0.5, 0.6) is 0 Å². The fourth-order valence-corrected chi connectivity index (χ4v) is 2.03. The third kappa shape index (κ3) is 2.47. The van der Waals surface area contributed by atoms with Gasteiger partial charge in [0, 0.05) is 19.4 Å². The first-order chi connectivity index (χ1) is 8.61. The van der Waals surface area contributed by atoms with E-state index in [0.717, 1.165) is 11.5 Å². The Balaban J connectivity index is 2.20. The minimum absolute atomic E-state index is 0.0374. The van der Waals surface area contributed by atoms with Crippen LogP contribution >= 0.6 is 11.6 Å². The molecule has 5 heteroatoms. The topological polar surface area (TPSA) is 53.6 Å². The largest absolute Gasteiger partial charge is 0.374 e. The van der Waals surface area contributed by atoms with Crippen molar-refractivity contribution >= 4 is 17.3 Å². The summed E-state index contributed by atoms with van der Waals surface area (Å²) in [5.41, 5.74) is 1.35. The number of imidazole rings is 1. The molecule has 0 saturated carbocycles. The average molecular weight is 261 g/mol. The molecule has 1 heterocycles. The number of aromatic nitrogens is 2. The van der Waals surface area contributed by atoms with Crippen LogP contribution < -0.4 is 5.32 Å². The van der Waals surface area contributed by atoms with E-state index in [9.17, 15) is 0 Å². The molecule has 2 rings (SSSR count). The Hall–Kier alpha value is -1.99. The Morgan fingerprint density at radius 3 is 2.83 bits per heavy atom. The number of benzene rings is 1. The fraction of sp³-hybridized carbons (Fsp3) is 0.231. The summed E-state index contributed by atoms with van der Waals surface area (Å²) in [5.74, 6) is 0.926. The van der Waals surface area contributed by atoms with Gasteiger partial charge >= 0.3 is 0 Å². The number of nitrogens with one attached hydrogen (secondary N) is 1. The van der Waals surface area contributed by atoms with Crippen molar-refractivity contribution in [3.63, 3.8) is 0 Å². The Kier molecular flexibility index (Phi) is 3.54. The summed E-state index contributed by atoms with van der Waals surface area (Å²) in [4.78, 5) is 4.28. The van der Waals surface area contributed by atoms with Crippen molar-refractivity contribution in [3.05, 3.63) is 47.0 Å². The van der Waals surface area contributed by atoms with Gasteiger partial charge in [0.1, 0.15) is 5.82 Å². The molecule has 0 aliphatic heterocycles. The lowest BCUT2D eigenvalue weighted by Crippen LogP contribution is -2.12. The summed E-state index contributed by atoms with van der Waals surface area (Å²) in [6.07, 6.45) is 3.65. The van der Waals surface area contributed by atoms with Crippen LogP contribution in [0.2, 0.25) is 5.02 Å². The maximum atomic E-state index is 8.78. The highest BCUT2D eigenvalue weighted by molar-refractivity contribution is 6.33. The predicted octanol–water partition coefficient (Wildman–Crippen LogP) is 3.12. The summed E-state index contributed by atoms with van der Waals surface area (Å²) >= 11 is 6.11. The van der Waals surface area contributed by atoms with E-state index in [1.807, 2.05) is 24.7 Å². The lowest BCUT2D eigenvalue weighted by Gasteiger charge is -2.16. The average Bonchev–Trinajstić information content (AvgIpc) is 2.78. The summed E-state index contributed by atoms with van der Waals surface area (Å²) in [7, 11) is 1.95. The van der Waals surface area contributed by atoms with Gasteiger partial charge in [-0.1, -0.05) is 11.6 Å². The molecule has 0 amide bonds. The number of nitrogens with zero attached hydrogens (tertiary/aromatic N) is 3. The van der Waals surface area contributed by atoms with Crippen LogP contribution in [-0.4, -0.2) is 9.55 Å². The van der Waals surface area contributed by atoms with E-state index in [1.54, 1.807) is 24.4 Å². The number of rotatable bonds is 3. The van der Waals surface area contributed by atoms with E-state index in [-0.39, 0.29) is 6.04 Å². The normalized spacial score (nSPS) is 11.9. The van der Waals surface area contributed by atoms with Crippen molar-refractivity contribution in [2.24, 2.45) is 7.05 Å². The predicted molar refractivity (Wildman–Crippen MR) is 71.4 cm³/mol.